The molecule has 0 saturated carbocycles. The zero-order valence-electron chi connectivity index (χ0n) is 11.1. The molecule has 0 aromatic carbocycles. The highest BCUT2D eigenvalue weighted by molar-refractivity contribution is 7.92. The molecular formula is C10H16ClN3O4S2. The number of rotatable bonds is 3. The van der Waals surface area contributed by atoms with Crippen molar-refractivity contribution in [3.63, 3.8) is 0 Å². The SMILES string of the molecule is Cc1[nH]nc(CCl)c1S(=O)(=O)N1CCS(=O)(=O)CC1C. The molecule has 1 aliphatic rings. The Kier molecular flexibility index (Phi) is 4.16. The molecule has 20 heavy (non-hydrogen) atoms. The van der Waals surface area contributed by atoms with Crippen molar-refractivity contribution in [2.45, 2.75) is 30.7 Å². The predicted octanol–water partition coefficient (Wildman–Crippen LogP) is 0.265. The molecule has 0 radical (unpaired) electrons. The van der Waals surface area contributed by atoms with E-state index in [9.17, 15) is 16.8 Å². The second kappa shape index (κ2) is 5.28. The summed E-state index contributed by atoms with van der Waals surface area (Å²) in [5.74, 6) is -0.359. The maximum absolute atomic E-state index is 12.7. The van der Waals surface area contributed by atoms with Crippen LogP contribution < -0.4 is 0 Å². The highest BCUT2D eigenvalue weighted by atomic mass is 35.5. The number of nitrogens with zero attached hydrogens (tertiary/aromatic N) is 2. The summed E-state index contributed by atoms with van der Waals surface area (Å²) in [4.78, 5) is 0.0543. The van der Waals surface area contributed by atoms with Gasteiger partial charge in [0.1, 0.15) is 4.90 Å². The van der Waals surface area contributed by atoms with Crippen LogP contribution in [-0.2, 0) is 25.7 Å². The highest BCUT2D eigenvalue weighted by Crippen LogP contribution is 2.27. The first-order valence-electron chi connectivity index (χ1n) is 6.01. The molecule has 1 saturated heterocycles. The van der Waals surface area contributed by atoms with Gasteiger partial charge in [-0.2, -0.15) is 9.40 Å². The van der Waals surface area contributed by atoms with E-state index in [0.717, 1.165) is 0 Å². The fourth-order valence-corrected chi connectivity index (χ4v) is 6.36. The second-order valence-corrected chi connectivity index (χ2v) is 9.16. The van der Waals surface area contributed by atoms with E-state index < -0.39 is 25.9 Å². The Bertz CT molecular complexity index is 711. The molecular weight excluding hydrogens is 326 g/mol. The molecule has 1 aromatic rings. The first-order chi connectivity index (χ1) is 9.19. The fourth-order valence-electron chi connectivity index (χ4n) is 2.36. The van der Waals surface area contributed by atoms with Gasteiger partial charge in [0.15, 0.2) is 9.84 Å². The molecule has 2 rings (SSSR count). The lowest BCUT2D eigenvalue weighted by Gasteiger charge is -2.32. The van der Waals surface area contributed by atoms with E-state index >= 15 is 0 Å². The number of sulfonamides is 1. The standard InChI is InChI=1S/C10H16ClN3O4S2/c1-7-6-19(15,16)4-3-14(7)20(17,18)10-8(2)12-13-9(10)5-11/h7H,3-6H2,1-2H3,(H,12,13). The monoisotopic (exact) mass is 341 g/mol. The smallest absolute Gasteiger partial charge is 0.247 e. The van der Waals surface area contributed by atoms with Crippen molar-refractivity contribution in [3.8, 4) is 0 Å². The maximum Gasteiger partial charge on any atom is 0.247 e. The van der Waals surface area contributed by atoms with E-state index in [-0.39, 0.29) is 34.5 Å². The molecule has 1 fully saturated rings. The summed E-state index contributed by atoms with van der Waals surface area (Å²) in [5, 5.41) is 6.47. The van der Waals surface area contributed by atoms with E-state index in [1.54, 1.807) is 13.8 Å². The van der Waals surface area contributed by atoms with Gasteiger partial charge in [-0.15, -0.1) is 11.6 Å². The van der Waals surface area contributed by atoms with Crippen LogP contribution in [0.4, 0.5) is 0 Å². The molecule has 10 heteroatoms. The van der Waals surface area contributed by atoms with Gasteiger partial charge in [-0.05, 0) is 13.8 Å². The fraction of sp³-hybridized carbons (Fsp3) is 0.700. The van der Waals surface area contributed by atoms with Crippen molar-refractivity contribution in [2.24, 2.45) is 0 Å². The minimum Gasteiger partial charge on any atom is -0.281 e. The summed E-state index contributed by atoms with van der Waals surface area (Å²) in [6.45, 7) is 3.14. The summed E-state index contributed by atoms with van der Waals surface area (Å²) in [6, 6.07) is -0.601. The van der Waals surface area contributed by atoms with Crippen LogP contribution in [0.25, 0.3) is 0 Å². The number of aromatic amines is 1. The Morgan fingerprint density at radius 2 is 2.15 bits per heavy atom. The minimum atomic E-state index is -3.80. The topological polar surface area (TPSA) is 100 Å². The Hall–Kier alpha value is -0.640. The quantitative estimate of drug-likeness (QED) is 0.795. The number of alkyl halides is 1. The molecule has 1 unspecified atom stereocenters. The second-order valence-electron chi connectivity index (χ2n) is 4.84. The van der Waals surface area contributed by atoms with Gasteiger partial charge in [-0.1, -0.05) is 0 Å². The highest BCUT2D eigenvalue weighted by Gasteiger charge is 2.38. The lowest BCUT2D eigenvalue weighted by atomic mass is 10.4. The maximum atomic E-state index is 12.7. The molecule has 0 bridgehead atoms. The minimum absolute atomic E-state index is 0.0284. The zero-order valence-corrected chi connectivity index (χ0v) is 13.5. The number of nitrogens with one attached hydrogen (secondary N) is 1. The lowest BCUT2D eigenvalue weighted by Crippen LogP contribution is -2.49. The van der Waals surface area contributed by atoms with Gasteiger partial charge < -0.3 is 0 Å². The summed E-state index contributed by atoms with van der Waals surface area (Å²) < 4.78 is 49.7. The number of aromatic nitrogens is 2. The lowest BCUT2D eigenvalue weighted by molar-refractivity contribution is 0.356. The van der Waals surface area contributed by atoms with E-state index in [2.05, 4.69) is 10.2 Å². The molecule has 7 nitrogen and oxygen atoms in total. The number of hydrogen-bond acceptors (Lipinski definition) is 5. The van der Waals surface area contributed by atoms with Crippen LogP contribution in [-0.4, -0.2) is 55.4 Å². The van der Waals surface area contributed by atoms with Gasteiger partial charge in [0.2, 0.25) is 10.0 Å². The number of hydrogen-bond donors (Lipinski definition) is 1. The molecule has 1 aromatic heterocycles. The Morgan fingerprint density at radius 1 is 1.50 bits per heavy atom. The molecule has 1 N–H and O–H groups in total. The number of H-pyrrole nitrogens is 1. The van der Waals surface area contributed by atoms with Crippen LogP contribution in [0.15, 0.2) is 4.90 Å². The third-order valence-electron chi connectivity index (χ3n) is 3.26. The van der Waals surface area contributed by atoms with Gasteiger partial charge >= 0.3 is 0 Å². The first-order valence-corrected chi connectivity index (χ1v) is 9.80. The Balaban J connectivity index is 2.43. The van der Waals surface area contributed by atoms with Crippen LogP contribution in [0.1, 0.15) is 18.3 Å². The molecule has 2 heterocycles. The predicted molar refractivity (Wildman–Crippen MR) is 74.9 cm³/mol. The van der Waals surface area contributed by atoms with Crippen LogP contribution in [0.3, 0.4) is 0 Å². The van der Waals surface area contributed by atoms with Crippen molar-refractivity contribution in [1.82, 2.24) is 14.5 Å². The average molecular weight is 342 g/mol. The molecule has 1 atom stereocenters. The number of halogens is 1. The van der Waals surface area contributed by atoms with Gasteiger partial charge in [-0.3, -0.25) is 5.10 Å². The van der Waals surface area contributed by atoms with Crippen LogP contribution in [0, 0.1) is 6.92 Å². The molecule has 0 amide bonds. The zero-order chi connectivity index (χ0) is 15.1. The Morgan fingerprint density at radius 3 is 2.70 bits per heavy atom. The summed E-state index contributed by atoms with van der Waals surface area (Å²) in [5.41, 5.74) is 0.658. The van der Waals surface area contributed by atoms with Crippen molar-refractivity contribution in [2.75, 3.05) is 18.1 Å². The van der Waals surface area contributed by atoms with Crippen LogP contribution in [0.5, 0.6) is 0 Å². The third-order valence-corrected chi connectivity index (χ3v) is 7.53. The van der Waals surface area contributed by atoms with Gasteiger partial charge in [-0.25, -0.2) is 16.8 Å². The van der Waals surface area contributed by atoms with E-state index in [4.69, 9.17) is 11.6 Å². The number of sulfone groups is 1. The van der Waals surface area contributed by atoms with E-state index in [1.165, 1.54) is 4.31 Å². The van der Waals surface area contributed by atoms with E-state index in [0.29, 0.717) is 5.69 Å². The molecule has 114 valence electrons. The summed E-state index contributed by atoms with van der Waals surface area (Å²) >= 11 is 5.71. The van der Waals surface area contributed by atoms with Crippen LogP contribution in [0.2, 0.25) is 0 Å². The normalized spacial score (nSPS) is 23.9. The molecule has 0 aliphatic carbocycles. The number of aryl methyl sites for hydroxylation is 1. The average Bonchev–Trinajstić information content (AvgIpc) is 2.69. The summed E-state index contributed by atoms with van der Waals surface area (Å²) in [6.07, 6.45) is 0. The first kappa shape index (κ1) is 15.7. The largest absolute Gasteiger partial charge is 0.281 e. The van der Waals surface area contributed by atoms with Crippen molar-refractivity contribution in [1.29, 1.82) is 0 Å². The van der Waals surface area contributed by atoms with Gasteiger partial charge in [0.05, 0.1) is 28.8 Å². The molecule has 0 spiro atoms. The van der Waals surface area contributed by atoms with Crippen molar-refractivity contribution in [3.05, 3.63) is 11.4 Å². The van der Waals surface area contributed by atoms with Crippen LogP contribution >= 0.6 is 11.6 Å². The van der Waals surface area contributed by atoms with Gasteiger partial charge in [0.25, 0.3) is 0 Å². The van der Waals surface area contributed by atoms with Crippen molar-refractivity contribution < 1.29 is 16.8 Å². The summed E-state index contributed by atoms with van der Waals surface area (Å²) in [7, 11) is -6.98. The molecule has 1 aliphatic heterocycles. The van der Waals surface area contributed by atoms with E-state index in [1.807, 2.05) is 0 Å². The Labute approximate surface area is 123 Å². The third kappa shape index (κ3) is 2.72. The van der Waals surface area contributed by atoms with Gasteiger partial charge in [0, 0.05) is 12.6 Å². The van der Waals surface area contributed by atoms with Crippen molar-refractivity contribution >= 4 is 31.5 Å².